The molecule has 1 aromatic heterocycles. The lowest BCUT2D eigenvalue weighted by molar-refractivity contribution is -0.137. The van der Waals surface area contributed by atoms with Crippen LogP contribution >= 0.6 is 0 Å². The second-order valence-corrected chi connectivity index (χ2v) is 4.97. The molecule has 0 aliphatic carbocycles. The Morgan fingerprint density at radius 1 is 1.53 bits per heavy atom. The minimum Gasteiger partial charge on any atom is -0.481 e. The zero-order valence-electron chi connectivity index (χ0n) is 11.4. The summed E-state index contributed by atoms with van der Waals surface area (Å²) in [4.78, 5) is 17.0. The van der Waals surface area contributed by atoms with E-state index in [1.165, 1.54) is 0 Å². The lowest BCUT2D eigenvalue weighted by Crippen LogP contribution is -2.25. The van der Waals surface area contributed by atoms with Crippen LogP contribution in [0.15, 0.2) is 22.6 Å². The Labute approximate surface area is 111 Å². The number of carboxylic acid groups (broad SMARTS) is 1. The Morgan fingerprint density at radius 3 is 2.95 bits per heavy atom. The molecule has 5 heteroatoms. The molecule has 102 valence electrons. The first kappa shape index (κ1) is 13.4. The molecule has 19 heavy (non-hydrogen) atoms. The number of rotatable bonds is 5. The van der Waals surface area contributed by atoms with Crippen LogP contribution in [0.1, 0.15) is 19.2 Å². The number of oxazole rings is 1. The fourth-order valence-corrected chi connectivity index (χ4v) is 2.20. The van der Waals surface area contributed by atoms with E-state index in [4.69, 9.17) is 9.52 Å². The highest BCUT2D eigenvalue weighted by molar-refractivity contribution is 5.77. The number of anilines is 1. The zero-order chi connectivity index (χ0) is 14.0. The standard InChI is InChI=1S/C14H18N2O3/c1-9(6-14(17)18)8-16(3)11-4-5-13-12(7-11)15-10(2)19-13/h4-5,7,9H,6,8H2,1-3H3,(H,17,18). The quantitative estimate of drug-likeness (QED) is 0.897. The van der Waals surface area contributed by atoms with Gasteiger partial charge in [-0.2, -0.15) is 0 Å². The Bertz CT molecular complexity index is 591. The second-order valence-electron chi connectivity index (χ2n) is 4.97. The van der Waals surface area contributed by atoms with E-state index in [9.17, 15) is 4.79 Å². The van der Waals surface area contributed by atoms with Gasteiger partial charge in [-0.3, -0.25) is 4.79 Å². The molecule has 0 bridgehead atoms. The van der Waals surface area contributed by atoms with E-state index >= 15 is 0 Å². The summed E-state index contributed by atoms with van der Waals surface area (Å²) in [6, 6.07) is 5.81. The summed E-state index contributed by atoms with van der Waals surface area (Å²) in [6.07, 6.45) is 0.176. The fourth-order valence-electron chi connectivity index (χ4n) is 2.20. The summed E-state index contributed by atoms with van der Waals surface area (Å²) < 4.78 is 5.43. The summed E-state index contributed by atoms with van der Waals surface area (Å²) in [5.74, 6) is -0.0187. The SMILES string of the molecule is Cc1nc2cc(N(C)CC(C)CC(=O)O)ccc2o1. The van der Waals surface area contributed by atoms with Gasteiger partial charge in [-0.1, -0.05) is 6.92 Å². The largest absolute Gasteiger partial charge is 0.481 e. The lowest BCUT2D eigenvalue weighted by atomic mass is 10.1. The molecule has 0 radical (unpaired) electrons. The molecule has 5 nitrogen and oxygen atoms in total. The highest BCUT2D eigenvalue weighted by atomic mass is 16.4. The van der Waals surface area contributed by atoms with Crippen molar-refractivity contribution >= 4 is 22.8 Å². The molecule has 2 rings (SSSR count). The summed E-state index contributed by atoms with van der Waals surface area (Å²) in [5.41, 5.74) is 2.61. The highest BCUT2D eigenvalue weighted by Crippen LogP contribution is 2.22. The van der Waals surface area contributed by atoms with Gasteiger partial charge >= 0.3 is 5.97 Å². The van der Waals surface area contributed by atoms with E-state index in [0.29, 0.717) is 12.4 Å². The number of carbonyl (C=O) groups is 1. The average Bonchev–Trinajstić information content (AvgIpc) is 2.66. The zero-order valence-corrected chi connectivity index (χ0v) is 11.4. The first-order chi connectivity index (χ1) is 8.95. The molecule has 1 heterocycles. The van der Waals surface area contributed by atoms with Crippen molar-refractivity contribution in [3.05, 3.63) is 24.1 Å². The van der Waals surface area contributed by atoms with Crippen molar-refractivity contribution in [1.29, 1.82) is 0 Å². The number of nitrogens with zero attached hydrogens (tertiary/aromatic N) is 2. The maximum atomic E-state index is 10.7. The van der Waals surface area contributed by atoms with Gasteiger partial charge in [-0.05, 0) is 24.1 Å². The third kappa shape index (κ3) is 3.24. The highest BCUT2D eigenvalue weighted by Gasteiger charge is 2.12. The number of aliphatic carboxylic acids is 1. The van der Waals surface area contributed by atoms with Crippen LogP contribution in [-0.2, 0) is 4.79 Å². The van der Waals surface area contributed by atoms with Gasteiger partial charge in [-0.15, -0.1) is 0 Å². The van der Waals surface area contributed by atoms with Crippen LogP contribution in [0, 0.1) is 12.8 Å². The molecule has 0 saturated heterocycles. The van der Waals surface area contributed by atoms with E-state index in [1.807, 2.05) is 44.0 Å². The van der Waals surface area contributed by atoms with E-state index in [0.717, 1.165) is 16.8 Å². The molecule has 1 unspecified atom stereocenters. The molecule has 0 aliphatic heterocycles. The van der Waals surface area contributed by atoms with Crippen molar-refractivity contribution in [3.63, 3.8) is 0 Å². The monoisotopic (exact) mass is 262 g/mol. The number of hydrogen-bond donors (Lipinski definition) is 1. The number of fused-ring (bicyclic) bond motifs is 1. The second kappa shape index (κ2) is 5.30. The van der Waals surface area contributed by atoms with E-state index in [1.54, 1.807) is 0 Å². The molecule has 0 saturated carbocycles. The van der Waals surface area contributed by atoms with Crippen molar-refractivity contribution < 1.29 is 14.3 Å². The third-order valence-electron chi connectivity index (χ3n) is 3.03. The van der Waals surface area contributed by atoms with Crippen molar-refractivity contribution in [2.24, 2.45) is 5.92 Å². The van der Waals surface area contributed by atoms with Gasteiger partial charge < -0.3 is 14.4 Å². The molecular formula is C14H18N2O3. The first-order valence-corrected chi connectivity index (χ1v) is 6.26. The van der Waals surface area contributed by atoms with Gasteiger partial charge in [-0.25, -0.2) is 4.98 Å². The van der Waals surface area contributed by atoms with Gasteiger partial charge in [0, 0.05) is 32.6 Å². The van der Waals surface area contributed by atoms with Crippen molar-refractivity contribution in [1.82, 2.24) is 4.98 Å². The molecule has 1 N–H and O–H groups in total. The number of carboxylic acids is 1. The topological polar surface area (TPSA) is 66.6 Å². The maximum absolute atomic E-state index is 10.7. The van der Waals surface area contributed by atoms with Gasteiger partial charge in [0.05, 0.1) is 0 Å². The molecule has 0 fully saturated rings. The molecule has 1 atom stereocenters. The predicted octanol–water partition coefficient (Wildman–Crippen LogP) is 2.68. The van der Waals surface area contributed by atoms with Crippen LogP contribution in [0.25, 0.3) is 11.1 Å². The summed E-state index contributed by atoms with van der Waals surface area (Å²) >= 11 is 0. The lowest BCUT2D eigenvalue weighted by Gasteiger charge is -2.22. The number of benzene rings is 1. The van der Waals surface area contributed by atoms with Gasteiger partial charge in [0.25, 0.3) is 0 Å². The molecule has 0 aliphatic rings. The maximum Gasteiger partial charge on any atom is 0.303 e. The fraction of sp³-hybridized carbons (Fsp3) is 0.429. The van der Waals surface area contributed by atoms with Crippen LogP contribution in [-0.4, -0.2) is 29.7 Å². The van der Waals surface area contributed by atoms with Crippen LogP contribution < -0.4 is 4.90 Å². The van der Waals surface area contributed by atoms with Crippen LogP contribution in [0.5, 0.6) is 0 Å². The minimum absolute atomic E-state index is 0.0947. The summed E-state index contributed by atoms with van der Waals surface area (Å²) in [7, 11) is 1.95. The Morgan fingerprint density at radius 2 is 2.26 bits per heavy atom. The van der Waals surface area contributed by atoms with E-state index in [-0.39, 0.29) is 12.3 Å². The smallest absolute Gasteiger partial charge is 0.303 e. The van der Waals surface area contributed by atoms with E-state index in [2.05, 4.69) is 4.98 Å². The van der Waals surface area contributed by atoms with Crippen LogP contribution in [0.4, 0.5) is 5.69 Å². The van der Waals surface area contributed by atoms with Crippen LogP contribution in [0.2, 0.25) is 0 Å². The molecule has 0 amide bonds. The van der Waals surface area contributed by atoms with Crippen molar-refractivity contribution in [2.45, 2.75) is 20.3 Å². The van der Waals surface area contributed by atoms with Crippen molar-refractivity contribution in [3.8, 4) is 0 Å². The summed E-state index contributed by atoms with van der Waals surface area (Å²) in [6.45, 7) is 4.44. The number of aryl methyl sites for hydroxylation is 1. The average molecular weight is 262 g/mol. The van der Waals surface area contributed by atoms with Crippen LogP contribution in [0.3, 0.4) is 0 Å². The van der Waals surface area contributed by atoms with Crippen molar-refractivity contribution in [2.75, 3.05) is 18.5 Å². The molecule has 1 aromatic carbocycles. The minimum atomic E-state index is -0.761. The number of hydrogen-bond acceptors (Lipinski definition) is 4. The molecule has 2 aromatic rings. The van der Waals surface area contributed by atoms with E-state index < -0.39 is 5.97 Å². The van der Waals surface area contributed by atoms with Gasteiger partial charge in [0.15, 0.2) is 11.5 Å². The first-order valence-electron chi connectivity index (χ1n) is 6.26. The third-order valence-corrected chi connectivity index (χ3v) is 3.03. The summed E-state index contributed by atoms with van der Waals surface area (Å²) in [5, 5.41) is 8.77. The molecular weight excluding hydrogens is 244 g/mol. The molecule has 0 spiro atoms. The predicted molar refractivity (Wildman–Crippen MR) is 73.4 cm³/mol. The Hall–Kier alpha value is -2.04. The number of aromatic nitrogens is 1. The van der Waals surface area contributed by atoms with Gasteiger partial charge in [0.1, 0.15) is 5.52 Å². The Kier molecular flexibility index (Phi) is 3.74. The van der Waals surface area contributed by atoms with Gasteiger partial charge in [0.2, 0.25) is 0 Å². The normalized spacial score (nSPS) is 12.6. The Balaban J connectivity index is 2.12.